The lowest BCUT2D eigenvalue weighted by Crippen LogP contribution is -2.21. The fourth-order valence-corrected chi connectivity index (χ4v) is 0.477. The van der Waals surface area contributed by atoms with Crippen LogP contribution in [0.3, 0.4) is 0 Å². The highest BCUT2D eigenvalue weighted by Crippen LogP contribution is 2.20. The molecule has 0 aliphatic heterocycles. The SMILES string of the molecule is CC(F)(CF)CCC(F)F. The molecule has 1 atom stereocenters. The molecular weight excluding hydrogens is 148 g/mol. The zero-order chi connectivity index (χ0) is 8.20. The minimum Gasteiger partial charge on any atom is -0.248 e. The smallest absolute Gasteiger partial charge is 0.238 e. The number of hydrogen-bond acceptors (Lipinski definition) is 0. The molecule has 10 heavy (non-hydrogen) atoms. The van der Waals surface area contributed by atoms with Crippen molar-refractivity contribution in [3.63, 3.8) is 0 Å². The fourth-order valence-electron chi connectivity index (χ4n) is 0.477. The van der Waals surface area contributed by atoms with Gasteiger partial charge in [0.1, 0.15) is 12.3 Å². The van der Waals surface area contributed by atoms with Gasteiger partial charge in [-0.3, -0.25) is 0 Å². The number of rotatable bonds is 4. The molecule has 0 aromatic carbocycles. The molecule has 0 nitrogen and oxygen atoms in total. The minimum atomic E-state index is -2.54. The predicted octanol–water partition coefficient (Wildman–Crippen LogP) is 2.73. The van der Waals surface area contributed by atoms with Crippen molar-refractivity contribution in [1.29, 1.82) is 0 Å². The first-order valence-corrected chi connectivity index (χ1v) is 3.01. The standard InChI is InChI=1S/C6H10F4/c1-6(10,4-7)3-2-5(8)9/h5H,2-4H2,1H3. The van der Waals surface area contributed by atoms with Gasteiger partial charge in [0.25, 0.3) is 0 Å². The molecule has 62 valence electrons. The first-order valence-electron chi connectivity index (χ1n) is 3.01. The van der Waals surface area contributed by atoms with Gasteiger partial charge in [-0.25, -0.2) is 17.6 Å². The Kier molecular flexibility index (Phi) is 3.68. The Morgan fingerprint density at radius 1 is 1.40 bits per heavy atom. The maximum atomic E-state index is 12.5. The lowest BCUT2D eigenvalue weighted by molar-refractivity contribution is 0.0773. The molecule has 0 spiro atoms. The largest absolute Gasteiger partial charge is 0.248 e. The summed E-state index contributed by atoms with van der Waals surface area (Å²) in [6.07, 6.45) is -3.53. The second kappa shape index (κ2) is 3.78. The summed E-state index contributed by atoms with van der Waals surface area (Å²) < 4.78 is 46.9. The molecule has 0 aromatic heterocycles. The number of hydrogen-bond donors (Lipinski definition) is 0. The molecule has 0 heterocycles. The van der Waals surface area contributed by atoms with E-state index in [9.17, 15) is 17.6 Å². The zero-order valence-electron chi connectivity index (χ0n) is 5.71. The number of alkyl halides is 4. The van der Waals surface area contributed by atoms with Crippen molar-refractivity contribution >= 4 is 0 Å². The molecule has 0 amide bonds. The summed E-state index contributed by atoms with van der Waals surface area (Å²) in [7, 11) is 0. The van der Waals surface area contributed by atoms with Crippen molar-refractivity contribution in [3.8, 4) is 0 Å². The van der Waals surface area contributed by atoms with E-state index in [4.69, 9.17) is 0 Å². The molecule has 0 radical (unpaired) electrons. The van der Waals surface area contributed by atoms with E-state index < -0.39 is 31.6 Å². The molecule has 0 rings (SSSR count). The van der Waals surface area contributed by atoms with E-state index in [1.54, 1.807) is 0 Å². The quantitative estimate of drug-likeness (QED) is 0.552. The molecule has 4 heteroatoms. The molecule has 0 fully saturated rings. The van der Waals surface area contributed by atoms with Gasteiger partial charge >= 0.3 is 0 Å². The molecule has 0 bridgehead atoms. The first-order chi connectivity index (χ1) is 4.48. The Labute approximate surface area is 57.2 Å². The Hall–Kier alpha value is -0.280. The van der Waals surface area contributed by atoms with E-state index in [0.717, 1.165) is 6.92 Å². The van der Waals surface area contributed by atoms with Gasteiger partial charge in [-0.05, 0) is 13.3 Å². The van der Waals surface area contributed by atoms with Crippen LogP contribution in [0.2, 0.25) is 0 Å². The summed E-state index contributed by atoms with van der Waals surface area (Å²) in [4.78, 5) is 0. The highest BCUT2D eigenvalue weighted by Gasteiger charge is 2.24. The maximum Gasteiger partial charge on any atom is 0.238 e. The average molecular weight is 158 g/mol. The molecule has 0 aliphatic carbocycles. The summed E-state index contributed by atoms with van der Waals surface area (Å²) in [6, 6.07) is 0. The van der Waals surface area contributed by atoms with Crippen LogP contribution in [0.1, 0.15) is 19.8 Å². The van der Waals surface area contributed by atoms with Crippen LogP contribution in [-0.2, 0) is 0 Å². The third-order valence-corrected chi connectivity index (χ3v) is 1.16. The molecule has 0 aromatic rings. The third kappa shape index (κ3) is 4.58. The molecule has 1 unspecified atom stereocenters. The van der Waals surface area contributed by atoms with Crippen molar-refractivity contribution in [2.24, 2.45) is 0 Å². The van der Waals surface area contributed by atoms with Gasteiger partial charge in [0.05, 0.1) is 0 Å². The lowest BCUT2D eigenvalue weighted by atomic mass is 10.0. The van der Waals surface area contributed by atoms with Gasteiger partial charge in [0.2, 0.25) is 6.43 Å². The van der Waals surface area contributed by atoms with E-state index in [0.29, 0.717) is 0 Å². The predicted molar refractivity (Wildman–Crippen MR) is 30.7 cm³/mol. The van der Waals surface area contributed by atoms with Gasteiger partial charge in [0.15, 0.2) is 0 Å². The van der Waals surface area contributed by atoms with Gasteiger partial charge < -0.3 is 0 Å². The van der Waals surface area contributed by atoms with Crippen LogP contribution in [0.5, 0.6) is 0 Å². The summed E-state index contributed by atoms with van der Waals surface area (Å²) in [5.74, 6) is 0. The van der Waals surface area contributed by atoms with E-state index in [-0.39, 0.29) is 0 Å². The van der Waals surface area contributed by atoms with Gasteiger partial charge in [-0.15, -0.1) is 0 Å². The Morgan fingerprint density at radius 2 is 1.90 bits per heavy atom. The normalized spacial score (nSPS) is 17.4. The van der Waals surface area contributed by atoms with E-state index in [2.05, 4.69) is 0 Å². The van der Waals surface area contributed by atoms with Crippen LogP contribution in [0.25, 0.3) is 0 Å². The summed E-state index contributed by atoms with van der Waals surface area (Å²) in [5, 5.41) is 0. The van der Waals surface area contributed by atoms with Crippen molar-refractivity contribution in [2.75, 3.05) is 6.67 Å². The number of halogens is 4. The molecular formula is C6H10F4. The van der Waals surface area contributed by atoms with Crippen LogP contribution in [0.4, 0.5) is 17.6 Å². The summed E-state index contributed by atoms with van der Waals surface area (Å²) >= 11 is 0. The first kappa shape index (κ1) is 9.72. The van der Waals surface area contributed by atoms with Crippen molar-refractivity contribution in [2.45, 2.75) is 31.9 Å². The monoisotopic (exact) mass is 158 g/mol. The van der Waals surface area contributed by atoms with Gasteiger partial charge in [-0.1, -0.05) is 0 Å². The topological polar surface area (TPSA) is 0 Å². The molecule has 0 N–H and O–H groups in total. The second-order valence-corrected chi connectivity index (χ2v) is 2.48. The van der Waals surface area contributed by atoms with E-state index in [1.165, 1.54) is 0 Å². The van der Waals surface area contributed by atoms with Crippen molar-refractivity contribution in [1.82, 2.24) is 0 Å². The summed E-state index contributed by atoms with van der Waals surface area (Å²) in [5.41, 5.74) is -2.07. The van der Waals surface area contributed by atoms with Crippen molar-refractivity contribution < 1.29 is 17.6 Å². The Bertz CT molecular complexity index is 89.7. The second-order valence-electron chi connectivity index (χ2n) is 2.48. The van der Waals surface area contributed by atoms with Crippen LogP contribution in [-0.4, -0.2) is 18.8 Å². The minimum absolute atomic E-state index is 0.416. The van der Waals surface area contributed by atoms with Crippen molar-refractivity contribution in [3.05, 3.63) is 0 Å². The third-order valence-electron chi connectivity index (χ3n) is 1.16. The van der Waals surface area contributed by atoms with Gasteiger partial charge in [-0.2, -0.15) is 0 Å². The molecule has 0 saturated carbocycles. The molecule has 0 saturated heterocycles. The van der Waals surface area contributed by atoms with E-state index in [1.807, 2.05) is 0 Å². The molecule has 0 aliphatic rings. The maximum absolute atomic E-state index is 12.5. The highest BCUT2D eigenvalue weighted by molar-refractivity contribution is 4.71. The van der Waals surface area contributed by atoms with Crippen LogP contribution in [0, 0.1) is 0 Å². The fraction of sp³-hybridized carbons (Fsp3) is 1.00. The van der Waals surface area contributed by atoms with Crippen LogP contribution in [0.15, 0.2) is 0 Å². The highest BCUT2D eigenvalue weighted by atomic mass is 19.3. The van der Waals surface area contributed by atoms with Crippen LogP contribution < -0.4 is 0 Å². The Balaban J connectivity index is 3.46. The average Bonchev–Trinajstić information content (AvgIpc) is 1.85. The summed E-state index contributed by atoms with van der Waals surface area (Å²) in [6.45, 7) is -0.213. The Morgan fingerprint density at radius 3 is 2.20 bits per heavy atom. The van der Waals surface area contributed by atoms with E-state index >= 15 is 0 Å². The van der Waals surface area contributed by atoms with Crippen LogP contribution >= 0.6 is 0 Å². The van der Waals surface area contributed by atoms with Gasteiger partial charge in [0, 0.05) is 6.42 Å². The zero-order valence-corrected chi connectivity index (χ0v) is 5.71. The lowest BCUT2D eigenvalue weighted by Gasteiger charge is -2.14.